The van der Waals surface area contributed by atoms with Gasteiger partial charge in [-0.2, -0.15) is 0 Å². The number of nitrogen functional groups attached to an aromatic ring is 1. The number of hydrogen-bond acceptors (Lipinski definition) is 5. The molecule has 1 heterocycles. The van der Waals surface area contributed by atoms with Crippen LogP contribution in [0.4, 0.5) is 11.4 Å². The third-order valence-corrected chi connectivity index (χ3v) is 3.26. The second-order valence-electron chi connectivity index (χ2n) is 4.64. The van der Waals surface area contributed by atoms with Gasteiger partial charge in [0.25, 0.3) is 0 Å². The van der Waals surface area contributed by atoms with E-state index >= 15 is 0 Å². The van der Waals surface area contributed by atoms with E-state index in [-0.39, 0.29) is 11.9 Å². The van der Waals surface area contributed by atoms with Crippen LogP contribution in [0, 0.1) is 0 Å². The van der Waals surface area contributed by atoms with Crippen molar-refractivity contribution >= 4 is 17.3 Å². The van der Waals surface area contributed by atoms with E-state index in [2.05, 4.69) is 5.32 Å². The number of anilines is 2. The molecule has 0 aliphatic carbocycles. The SMILES string of the molecule is CCNC(=O)C1COCCN1c1cc(N)cc(OC)c1. The summed E-state index contributed by atoms with van der Waals surface area (Å²) in [6.45, 7) is 4.11. The van der Waals surface area contributed by atoms with Gasteiger partial charge in [0, 0.05) is 36.6 Å². The average molecular weight is 279 g/mol. The highest BCUT2D eigenvalue weighted by Crippen LogP contribution is 2.27. The highest BCUT2D eigenvalue weighted by molar-refractivity contribution is 5.86. The number of amides is 1. The van der Waals surface area contributed by atoms with E-state index in [0.29, 0.717) is 37.7 Å². The van der Waals surface area contributed by atoms with E-state index in [1.165, 1.54) is 0 Å². The van der Waals surface area contributed by atoms with Gasteiger partial charge in [-0.3, -0.25) is 4.79 Å². The van der Waals surface area contributed by atoms with Crippen molar-refractivity contribution in [1.29, 1.82) is 0 Å². The smallest absolute Gasteiger partial charge is 0.245 e. The molecule has 20 heavy (non-hydrogen) atoms. The van der Waals surface area contributed by atoms with E-state index < -0.39 is 0 Å². The Bertz CT molecular complexity index is 479. The largest absolute Gasteiger partial charge is 0.497 e. The van der Waals surface area contributed by atoms with Crippen molar-refractivity contribution in [1.82, 2.24) is 5.32 Å². The van der Waals surface area contributed by atoms with Crippen LogP contribution in [0.25, 0.3) is 0 Å². The molecule has 1 saturated heterocycles. The standard InChI is InChI=1S/C14H21N3O3/c1-3-16-14(18)13-9-20-5-4-17(13)11-6-10(15)7-12(8-11)19-2/h6-8,13H,3-5,9,15H2,1-2H3,(H,16,18). The van der Waals surface area contributed by atoms with Gasteiger partial charge in [0.15, 0.2) is 0 Å². The maximum atomic E-state index is 12.1. The second-order valence-corrected chi connectivity index (χ2v) is 4.64. The van der Waals surface area contributed by atoms with E-state index in [4.69, 9.17) is 15.2 Å². The van der Waals surface area contributed by atoms with Gasteiger partial charge in [-0.05, 0) is 13.0 Å². The predicted octanol–water partition coefficient (Wildman–Crippen LogP) is 0.619. The van der Waals surface area contributed by atoms with Crippen LogP contribution in [0.3, 0.4) is 0 Å². The molecular formula is C14H21N3O3. The number of likely N-dealkylation sites (N-methyl/N-ethyl adjacent to an activating group) is 1. The Morgan fingerprint density at radius 1 is 1.55 bits per heavy atom. The van der Waals surface area contributed by atoms with E-state index in [9.17, 15) is 4.79 Å². The molecule has 0 saturated carbocycles. The molecule has 110 valence electrons. The van der Waals surface area contributed by atoms with Crippen LogP contribution in [0.1, 0.15) is 6.92 Å². The Kier molecular flexibility index (Phi) is 4.68. The molecule has 1 amide bonds. The molecule has 0 aromatic heterocycles. The summed E-state index contributed by atoms with van der Waals surface area (Å²) in [5.41, 5.74) is 7.37. The monoisotopic (exact) mass is 279 g/mol. The van der Waals surface area contributed by atoms with Crippen LogP contribution in [0.5, 0.6) is 5.75 Å². The van der Waals surface area contributed by atoms with Crippen LogP contribution in [-0.4, -0.2) is 45.4 Å². The molecule has 0 spiro atoms. The Balaban J connectivity index is 2.27. The number of rotatable bonds is 4. The molecule has 1 unspecified atom stereocenters. The number of morpholine rings is 1. The minimum Gasteiger partial charge on any atom is -0.497 e. The Morgan fingerprint density at radius 2 is 2.35 bits per heavy atom. The van der Waals surface area contributed by atoms with Crippen LogP contribution in [0.2, 0.25) is 0 Å². The maximum absolute atomic E-state index is 12.1. The molecule has 0 radical (unpaired) electrons. The molecule has 0 bridgehead atoms. The first-order chi connectivity index (χ1) is 9.65. The molecule has 6 nitrogen and oxygen atoms in total. The van der Waals surface area contributed by atoms with Crippen molar-refractivity contribution in [2.24, 2.45) is 0 Å². The summed E-state index contributed by atoms with van der Waals surface area (Å²) in [4.78, 5) is 14.1. The third-order valence-electron chi connectivity index (χ3n) is 3.26. The van der Waals surface area contributed by atoms with Crippen LogP contribution in [-0.2, 0) is 9.53 Å². The number of nitrogens with zero attached hydrogens (tertiary/aromatic N) is 1. The summed E-state index contributed by atoms with van der Waals surface area (Å²) in [6, 6.07) is 5.15. The van der Waals surface area contributed by atoms with Gasteiger partial charge in [0.05, 0.1) is 20.3 Å². The first-order valence-corrected chi connectivity index (χ1v) is 6.72. The number of benzene rings is 1. The summed E-state index contributed by atoms with van der Waals surface area (Å²) >= 11 is 0. The van der Waals surface area contributed by atoms with Gasteiger partial charge in [-0.25, -0.2) is 0 Å². The Labute approximate surface area is 118 Å². The average Bonchev–Trinajstić information content (AvgIpc) is 2.46. The first kappa shape index (κ1) is 14.5. The topological polar surface area (TPSA) is 76.8 Å². The van der Waals surface area contributed by atoms with Crippen LogP contribution in [0.15, 0.2) is 18.2 Å². The lowest BCUT2D eigenvalue weighted by Gasteiger charge is -2.36. The summed E-state index contributed by atoms with van der Waals surface area (Å²) in [5, 5.41) is 2.84. The fraction of sp³-hybridized carbons (Fsp3) is 0.500. The van der Waals surface area contributed by atoms with Gasteiger partial charge in [-0.15, -0.1) is 0 Å². The molecule has 1 aromatic carbocycles. The minimum absolute atomic E-state index is 0.0337. The lowest BCUT2D eigenvalue weighted by molar-refractivity contribution is -0.124. The Morgan fingerprint density at radius 3 is 3.05 bits per heavy atom. The number of nitrogens with two attached hydrogens (primary N) is 1. The van der Waals surface area contributed by atoms with Crippen molar-refractivity contribution in [2.45, 2.75) is 13.0 Å². The fourth-order valence-corrected chi connectivity index (χ4v) is 2.31. The van der Waals surface area contributed by atoms with E-state index in [1.807, 2.05) is 24.0 Å². The summed E-state index contributed by atoms with van der Waals surface area (Å²) in [7, 11) is 1.60. The lowest BCUT2D eigenvalue weighted by Crippen LogP contribution is -2.54. The molecular weight excluding hydrogens is 258 g/mol. The highest BCUT2D eigenvalue weighted by Gasteiger charge is 2.29. The van der Waals surface area contributed by atoms with Crippen molar-refractivity contribution in [3.63, 3.8) is 0 Å². The number of nitrogens with one attached hydrogen (secondary N) is 1. The number of methoxy groups -OCH3 is 1. The Hall–Kier alpha value is -1.95. The number of ether oxygens (including phenoxy) is 2. The third kappa shape index (κ3) is 3.14. The molecule has 6 heteroatoms. The van der Waals surface area contributed by atoms with Gasteiger partial charge < -0.3 is 25.4 Å². The molecule has 1 aliphatic heterocycles. The van der Waals surface area contributed by atoms with Crippen molar-refractivity contribution in [3.8, 4) is 5.75 Å². The fourth-order valence-electron chi connectivity index (χ4n) is 2.31. The summed E-state index contributed by atoms with van der Waals surface area (Å²) in [6.07, 6.45) is 0. The molecule has 2 rings (SSSR count). The normalized spacial score (nSPS) is 18.7. The zero-order valence-corrected chi connectivity index (χ0v) is 11.9. The molecule has 1 fully saturated rings. The second kappa shape index (κ2) is 6.47. The van der Waals surface area contributed by atoms with E-state index in [1.54, 1.807) is 13.2 Å². The van der Waals surface area contributed by atoms with Gasteiger partial charge in [0.1, 0.15) is 11.8 Å². The van der Waals surface area contributed by atoms with E-state index in [0.717, 1.165) is 5.69 Å². The summed E-state index contributed by atoms with van der Waals surface area (Å²) in [5.74, 6) is 0.648. The molecule has 3 N–H and O–H groups in total. The zero-order valence-electron chi connectivity index (χ0n) is 11.9. The predicted molar refractivity (Wildman–Crippen MR) is 78.0 cm³/mol. The maximum Gasteiger partial charge on any atom is 0.245 e. The minimum atomic E-state index is -0.338. The highest BCUT2D eigenvalue weighted by atomic mass is 16.5. The van der Waals surface area contributed by atoms with Crippen LogP contribution >= 0.6 is 0 Å². The van der Waals surface area contributed by atoms with Crippen molar-refractivity contribution < 1.29 is 14.3 Å². The van der Waals surface area contributed by atoms with Gasteiger partial charge in [0.2, 0.25) is 5.91 Å². The number of carbonyl (C=O) groups is 1. The van der Waals surface area contributed by atoms with Crippen molar-refractivity contribution in [2.75, 3.05) is 44.0 Å². The first-order valence-electron chi connectivity index (χ1n) is 6.72. The molecule has 1 aromatic rings. The van der Waals surface area contributed by atoms with Crippen molar-refractivity contribution in [3.05, 3.63) is 18.2 Å². The lowest BCUT2D eigenvalue weighted by atomic mass is 10.1. The van der Waals surface area contributed by atoms with Gasteiger partial charge in [-0.1, -0.05) is 0 Å². The summed E-state index contributed by atoms with van der Waals surface area (Å²) < 4.78 is 10.7. The number of hydrogen-bond donors (Lipinski definition) is 2. The quantitative estimate of drug-likeness (QED) is 0.790. The molecule has 1 atom stereocenters. The number of carbonyl (C=O) groups excluding carboxylic acids is 1. The van der Waals surface area contributed by atoms with Gasteiger partial charge >= 0.3 is 0 Å². The van der Waals surface area contributed by atoms with Crippen LogP contribution < -0.4 is 20.7 Å². The molecule has 1 aliphatic rings. The zero-order chi connectivity index (χ0) is 14.5.